The zero-order valence-corrected chi connectivity index (χ0v) is 12.7. The van der Waals surface area contributed by atoms with Crippen LogP contribution in [0.1, 0.15) is 69.9 Å². The monoisotopic (exact) mass is 258 g/mol. The molecule has 1 rings (SSSR count). The minimum Gasteiger partial charge on any atom is -0.494 e. The molecule has 0 radical (unpaired) electrons. The zero-order chi connectivity index (χ0) is 14.3. The molecule has 1 atom stereocenters. The highest BCUT2D eigenvalue weighted by Crippen LogP contribution is 2.32. The van der Waals surface area contributed by atoms with Crippen molar-refractivity contribution >= 4 is 0 Å². The largest absolute Gasteiger partial charge is 0.494 e. The molecule has 0 fully saturated rings. The third-order valence-electron chi connectivity index (χ3n) is 3.43. The van der Waals surface area contributed by atoms with E-state index in [-0.39, 0.29) is 0 Å². The van der Waals surface area contributed by atoms with Crippen molar-refractivity contribution in [2.24, 2.45) is 0 Å². The summed E-state index contributed by atoms with van der Waals surface area (Å²) in [7, 11) is 0. The molecule has 0 spiro atoms. The van der Waals surface area contributed by atoms with Gasteiger partial charge in [-0.2, -0.15) is 0 Å². The molecule has 1 aromatic rings. The molecule has 0 aliphatic heterocycles. The van der Waals surface area contributed by atoms with E-state index in [9.17, 15) is 0 Å². The molecule has 0 aromatic heterocycles. The number of hydrogen-bond acceptors (Lipinski definition) is 1. The first-order valence-corrected chi connectivity index (χ1v) is 7.34. The Morgan fingerprint density at radius 3 is 2.53 bits per heavy atom. The van der Waals surface area contributed by atoms with Crippen LogP contribution >= 0.6 is 0 Å². The van der Waals surface area contributed by atoms with Crippen molar-refractivity contribution in [3.8, 4) is 18.1 Å². The van der Waals surface area contributed by atoms with Crippen LogP contribution < -0.4 is 4.74 Å². The molecule has 0 saturated heterocycles. The van der Waals surface area contributed by atoms with E-state index < -0.39 is 0 Å². The maximum absolute atomic E-state index is 5.71. The molecular formula is C18H26O. The predicted molar refractivity (Wildman–Crippen MR) is 82.8 cm³/mol. The van der Waals surface area contributed by atoms with E-state index in [1.807, 2.05) is 6.92 Å². The normalized spacial score (nSPS) is 12.2. The van der Waals surface area contributed by atoms with Gasteiger partial charge in [0.2, 0.25) is 0 Å². The Morgan fingerprint density at radius 1 is 1.26 bits per heavy atom. The second kappa shape index (κ2) is 7.89. The first-order valence-electron chi connectivity index (χ1n) is 7.34. The van der Waals surface area contributed by atoms with Crippen LogP contribution in [0.4, 0.5) is 0 Å². The fourth-order valence-corrected chi connectivity index (χ4v) is 2.44. The molecule has 0 bridgehead atoms. The van der Waals surface area contributed by atoms with Gasteiger partial charge in [-0.25, -0.2) is 0 Å². The van der Waals surface area contributed by atoms with Crippen molar-refractivity contribution in [3.63, 3.8) is 0 Å². The van der Waals surface area contributed by atoms with Gasteiger partial charge in [0.25, 0.3) is 0 Å². The van der Waals surface area contributed by atoms with Crippen LogP contribution in [-0.2, 0) is 0 Å². The van der Waals surface area contributed by atoms with E-state index in [0.29, 0.717) is 18.4 Å². The van der Waals surface area contributed by atoms with Crippen molar-refractivity contribution in [3.05, 3.63) is 29.3 Å². The van der Waals surface area contributed by atoms with E-state index in [4.69, 9.17) is 11.2 Å². The summed E-state index contributed by atoms with van der Waals surface area (Å²) in [5, 5.41) is 0. The molecular weight excluding hydrogens is 232 g/mol. The Kier molecular flexibility index (Phi) is 6.50. The predicted octanol–water partition coefficient (Wildman–Crippen LogP) is 5.12. The van der Waals surface area contributed by atoms with Crippen LogP contribution in [0.2, 0.25) is 0 Å². The summed E-state index contributed by atoms with van der Waals surface area (Å²) in [6.07, 6.45) is 8.63. The van der Waals surface area contributed by atoms with Crippen molar-refractivity contribution in [1.82, 2.24) is 0 Å². The SMILES string of the molecule is C#CCC(CCC)c1ccc(OCC)c(C(C)C)c1. The van der Waals surface area contributed by atoms with Gasteiger partial charge in [0.1, 0.15) is 5.75 Å². The summed E-state index contributed by atoms with van der Waals surface area (Å²) in [5.41, 5.74) is 2.64. The number of ether oxygens (including phenoxy) is 1. The van der Waals surface area contributed by atoms with Crippen molar-refractivity contribution < 1.29 is 4.74 Å². The van der Waals surface area contributed by atoms with Crippen LogP contribution in [0.25, 0.3) is 0 Å². The van der Waals surface area contributed by atoms with Gasteiger partial charge in [-0.15, -0.1) is 12.3 Å². The van der Waals surface area contributed by atoms with Gasteiger partial charge in [-0.05, 0) is 42.4 Å². The summed E-state index contributed by atoms with van der Waals surface area (Å²) >= 11 is 0. The fraction of sp³-hybridized carbons (Fsp3) is 0.556. The molecule has 1 heteroatoms. The minimum atomic E-state index is 0.467. The smallest absolute Gasteiger partial charge is 0.122 e. The third kappa shape index (κ3) is 4.31. The Morgan fingerprint density at radius 2 is 2.00 bits per heavy atom. The van der Waals surface area contributed by atoms with Gasteiger partial charge in [-0.1, -0.05) is 39.3 Å². The van der Waals surface area contributed by atoms with E-state index >= 15 is 0 Å². The number of hydrogen-bond donors (Lipinski definition) is 0. The van der Waals surface area contributed by atoms with Crippen LogP contribution in [-0.4, -0.2) is 6.61 Å². The standard InChI is InChI=1S/C18H26O/c1-6-9-15(10-7-2)16-11-12-18(19-8-3)17(13-16)14(4)5/h1,11-15H,7-10H2,2-5H3. The molecule has 0 heterocycles. The maximum atomic E-state index is 5.71. The molecule has 104 valence electrons. The van der Waals surface area contributed by atoms with Crippen LogP contribution in [0.5, 0.6) is 5.75 Å². The first-order chi connectivity index (χ1) is 9.13. The fourth-order valence-electron chi connectivity index (χ4n) is 2.44. The Labute approximate surface area is 118 Å². The van der Waals surface area contributed by atoms with Gasteiger partial charge in [0, 0.05) is 6.42 Å². The van der Waals surface area contributed by atoms with Crippen LogP contribution in [0, 0.1) is 12.3 Å². The molecule has 1 unspecified atom stereocenters. The lowest BCUT2D eigenvalue weighted by Crippen LogP contribution is -2.03. The molecule has 1 nitrogen and oxygen atoms in total. The maximum Gasteiger partial charge on any atom is 0.122 e. The summed E-state index contributed by atoms with van der Waals surface area (Å²) < 4.78 is 5.71. The average Bonchev–Trinajstić information content (AvgIpc) is 2.39. The quantitative estimate of drug-likeness (QED) is 0.617. The number of benzene rings is 1. The number of terminal acetylenes is 1. The van der Waals surface area contributed by atoms with E-state index in [2.05, 4.69) is 44.9 Å². The summed E-state index contributed by atoms with van der Waals surface area (Å²) in [6.45, 7) is 9.36. The van der Waals surface area contributed by atoms with E-state index in [1.54, 1.807) is 0 Å². The molecule has 0 amide bonds. The minimum absolute atomic E-state index is 0.467. The number of rotatable bonds is 7. The lowest BCUT2D eigenvalue weighted by Gasteiger charge is -2.19. The summed E-state index contributed by atoms with van der Waals surface area (Å²) in [4.78, 5) is 0. The van der Waals surface area contributed by atoms with E-state index in [1.165, 1.54) is 11.1 Å². The first kappa shape index (κ1) is 15.6. The molecule has 1 aromatic carbocycles. The van der Waals surface area contributed by atoms with Gasteiger partial charge in [0.05, 0.1) is 6.61 Å². The van der Waals surface area contributed by atoms with Gasteiger partial charge in [-0.3, -0.25) is 0 Å². The second-order valence-electron chi connectivity index (χ2n) is 5.28. The van der Waals surface area contributed by atoms with Crippen LogP contribution in [0.15, 0.2) is 18.2 Å². The zero-order valence-electron chi connectivity index (χ0n) is 12.7. The molecule has 0 saturated carbocycles. The molecule has 0 aliphatic rings. The Balaban J connectivity index is 3.08. The molecule has 0 N–H and O–H groups in total. The van der Waals surface area contributed by atoms with E-state index in [0.717, 1.165) is 25.0 Å². The molecule has 19 heavy (non-hydrogen) atoms. The lowest BCUT2D eigenvalue weighted by atomic mass is 9.88. The highest BCUT2D eigenvalue weighted by molar-refractivity contribution is 5.40. The summed E-state index contributed by atoms with van der Waals surface area (Å²) in [6, 6.07) is 6.56. The lowest BCUT2D eigenvalue weighted by molar-refractivity contribution is 0.335. The Bertz CT molecular complexity index is 426. The highest BCUT2D eigenvalue weighted by atomic mass is 16.5. The summed E-state index contributed by atoms with van der Waals surface area (Å²) in [5.74, 6) is 4.76. The van der Waals surface area contributed by atoms with Gasteiger partial charge in [0.15, 0.2) is 0 Å². The van der Waals surface area contributed by atoms with Crippen LogP contribution in [0.3, 0.4) is 0 Å². The van der Waals surface area contributed by atoms with Gasteiger partial charge < -0.3 is 4.74 Å². The topological polar surface area (TPSA) is 9.23 Å². The third-order valence-corrected chi connectivity index (χ3v) is 3.43. The molecule has 0 aliphatic carbocycles. The van der Waals surface area contributed by atoms with Crippen molar-refractivity contribution in [2.75, 3.05) is 6.61 Å². The second-order valence-corrected chi connectivity index (χ2v) is 5.28. The van der Waals surface area contributed by atoms with Gasteiger partial charge >= 0.3 is 0 Å². The van der Waals surface area contributed by atoms with Crippen molar-refractivity contribution in [1.29, 1.82) is 0 Å². The highest BCUT2D eigenvalue weighted by Gasteiger charge is 2.14. The Hall–Kier alpha value is -1.42. The average molecular weight is 258 g/mol. The van der Waals surface area contributed by atoms with Crippen molar-refractivity contribution in [2.45, 2.75) is 58.8 Å².